The maximum Gasteiger partial charge on any atom is 0.164 e. The van der Waals surface area contributed by atoms with E-state index >= 15 is 0 Å². The van der Waals surface area contributed by atoms with Crippen molar-refractivity contribution in [3.8, 4) is 45.3 Å². The van der Waals surface area contributed by atoms with Crippen molar-refractivity contribution >= 4 is 65.4 Å². The minimum Gasteiger partial charge on any atom is -0.456 e. The molecule has 0 aliphatic heterocycles. The standard InChI is InChI=1S/C47H27N3O2/c1-2-11-33-28(9-1)10-7-14-34(33)29-19-22-31(23-20-29)45-48-46(50-47(49-45)37-15-8-18-41-43(37)35-12-3-5-16-39(35)51-41)32-24-21-30-25-26-42-44(38(30)27-32)36-13-4-6-17-40(36)52-42/h1-27H. The van der Waals surface area contributed by atoms with Gasteiger partial charge in [0.15, 0.2) is 17.5 Å². The zero-order valence-electron chi connectivity index (χ0n) is 27.7. The van der Waals surface area contributed by atoms with Gasteiger partial charge in [-0.25, -0.2) is 15.0 Å². The van der Waals surface area contributed by atoms with Crippen LogP contribution in [-0.2, 0) is 0 Å². The molecule has 0 N–H and O–H groups in total. The van der Waals surface area contributed by atoms with Crippen molar-refractivity contribution in [3.05, 3.63) is 164 Å². The van der Waals surface area contributed by atoms with Crippen molar-refractivity contribution in [1.82, 2.24) is 15.0 Å². The summed E-state index contributed by atoms with van der Waals surface area (Å²) < 4.78 is 12.5. The molecule has 0 unspecified atom stereocenters. The van der Waals surface area contributed by atoms with Crippen LogP contribution in [0.1, 0.15) is 0 Å². The molecule has 11 rings (SSSR count). The van der Waals surface area contributed by atoms with E-state index in [4.69, 9.17) is 23.8 Å². The molecule has 3 aromatic heterocycles. The van der Waals surface area contributed by atoms with Gasteiger partial charge in [0.2, 0.25) is 0 Å². The largest absolute Gasteiger partial charge is 0.456 e. The van der Waals surface area contributed by atoms with Gasteiger partial charge in [0.25, 0.3) is 0 Å². The van der Waals surface area contributed by atoms with Crippen LogP contribution in [-0.4, -0.2) is 15.0 Å². The molecule has 11 aromatic rings. The van der Waals surface area contributed by atoms with Gasteiger partial charge in [-0.15, -0.1) is 0 Å². The lowest BCUT2D eigenvalue weighted by Crippen LogP contribution is -2.00. The van der Waals surface area contributed by atoms with E-state index < -0.39 is 0 Å². The first-order chi connectivity index (χ1) is 25.7. The summed E-state index contributed by atoms with van der Waals surface area (Å²) >= 11 is 0. The molecular formula is C47H27N3O2. The molecule has 8 aromatic carbocycles. The van der Waals surface area contributed by atoms with Crippen molar-refractivity contribution in [2.75, 3.05) is 0 Å². The van der Waals surface area contributed by atoms with Gasteiger partial charge < -0.3 is 8.83 Å². The molecule has 3 heterocycles. The van der Waals surface area contributed by atoms with Crippen LogP contribution in [0.4, 0.5) is 0 Å². The number of fused-ring (bicyclic) bond motifs is 9. The van der Waals surface area contributed by atoms with Crippen molar-refractivity contribution in [2.24, 2.45) is 0 Å². The Morgan fingerprint density at radius 3 is 1.63 bits per heavy atom. The minimum atomic E-state index is 0.586. The van der Waals surface area contributed by atoms with Crippen LogP contribution < -0.4 is 0 Å². The molecule has 5 heteroatoms. The van der Waals surface area contributed by atoms with E-state index in [0.29, 0.717) is 17.5 Å². The first-order valence-electron chi connectivity index (χ1n) is 17.3. The summed E-state index contributed by atoms with van der Waals surface area (Å²) in [6.07, 6.45) is 0. The second-order valence-corrected chi connectivity index (χ2v) is 13.2. The molecule has 0 aliphatic carbocycles. The van der Waals surface area contributed by atoms with Crippen LogP contribution in [0.25, 0.3) is 111 Å². The third kappa shape index (κ3) is 4.46. The number of hydrogen-bond acceptors (Lipinski definition) is 5. The Labute approximate surface area is 297 Å². The van der Waals surface area contributed by atoms with E-state index in [1.54, 1.807) is 0 Å². The van der Waals surface area contributed by atoms with Crippen molar-refractivity contribution in [1.29, 1.82) is 0 Å². The summed E-state index contributed by atoms with van der Waals surface area (Å²) in [6, 6.07) is 56.4. The predicted octanol–water partition coefficient (Wildman–Crippen LogP) is 12.6. The second kappa shape index (κ2) is 11.2. The van der Waals surface area contributed by atoms with E-state index in [1.165, 1.54) is 16.3 Å². The SMILES string of the molecule is c1ccc2c(-c3ccc(-c4nc(-c5ccc6ccc7oc8ccccc8c7c6c5)nc(-c5cccc6oc7ccccc7c56)n4)cc3)cccc2c1. The quantitative estimate of drug-likeness (QED) is 0.187. The Morgan fingerprint density at radius 1 is 0.308 bits per heavy atom. The maximum atomic E-state index is 6.27. The topological polar surface area (TPSA) is 65.0 Å². The third-order valence-electron chi connectivity index (χ3n) is 10.1. The monoisotopic (exact) mass is 665 g/mol. The normalized spacial score (nSPS) is 11.8. The van der Waals surface area contributed by atoms with Crippen LogP contribution in [0, 0.1) is 0 Å². The molecule has 0 fully saturated rings. The first kappa shape index (κ1) is 28.7. The fraction of sp³-hybridized carbons (Fsp3) is 0. The van der Waals surface area contributed by atoms with Crippen LogP contribution in [0.15, 0.2) is 173 Å². The van der Waals surface area contributed by atoms with Gasteiger partial charge in [-0.2, -0.15) is 0 Å². The highest BCUT2D eigenvalue weighted by Crippen LogP contribution is 2.39. The summed E-state index contributed by atoms with van der Waals surface area (Å²) in [7, 11) is 0. The summed E-state index contributed by atoms with van der Waals surface area (Å²) in [5.74, 6) is 1.78. The number of benzene rings is 8. The van der Waals surface area contributed by atoms with Gasteiger partial charge in [0.05, 0.1) is 0 Å². The Balaban J connectivity index is 1.13. The zero-order valence-corrected chi connectivity index (χ0v) is 27.7. The first-order valence-corrected chi connectivity index (χ1v) is 17.3. The highest BCUT2D eigenvalue weighted by Gasteiger charge is 2.19. The Kier molecular flexibility index (Phi) is 6.18. The molecule has 0 saturated carbocycles. The summed E-state index contributed by atoms with van der Waals surface area (Å²) in [5, 5.41) is 8.83. The molecule has 0 radical (unpaired) electrons. The third-order valence-corrected chi connectivity index (χ3v) is 10.1. The maximum absolute atomic E-state index is 6.27. The number of rotatable bonds is 4. The van der Waals surface area contributed by atoms with Gasteiger partial charge >= 0.3 is 0 Å². The van der Waals surface area contributed by atoms with Crippen LogP contribution in [0.3, 0.4) is 0 Å². The number of para-hydroxylation sites is 2. The van der Waals surface area contributed by atoms with Gasteiger partial charge in [-0.1, -0.05) is 133 Å². The number of nitrogens with zero attached hydrogens (tertiary/aromatic N) is 3. The number of hydrogen-bond donors (Lipinski definition) is 0. The van der Waals surface area contributed by atoms with Crippen LogP contribution in [0.2, 0.25) is 0 Å². The molecule has 0 bridgehead atoms. The lowest BCUT2D eigenvalue weighted by Gasteiger charge is -2.11. The Bertz CT molecular complexity index is 3190. The average molecular weight is 666 g/mol. The van der Waals surface area contributed by atoms with Crippen molar-refractivity contribution in [2.45, 2.75) is 0 Å². The molecule has 0 saturated heterocycles. The van der Waals surface area contributed by atoms with E-state index in [2.05, 4.69) is 115 Å². The van der Waals surface area contributed by atoms with E-state index in [0.717, 1.165) is 76.9 Å². The Hall–Kier alpha value is -7.11. The average Bonchev–Trinajstić information content (AvgIpc) is 3.79. The fourth-order valence-electron chi connectivity index (χ4n) is 7.67. The van der Waals surface area contributed by atoms with Crippen molar-refractivity contribution in [3.63, 3.8) is 0 Å². The Morgan fingerprint density at radius 2 is 0.827 bits per heavy atom. The van der Waals surface area contributed by atoms with E-state index in [-0.39, 0.29) is 0 Å². The van der Waals surface area contributed by atoms with Crippen LogP contribution >= 0.6 is 0 Å². The lowest BCUT2D eigenvalue weighted by atomic mass is 9.97. The molecule has 0 atom stereocenters. The minimum absolute atomic E-state index is 0.586. The smallest absolute Gasteiger partial charge is 0.164 e. The van der Waals surface area contributed by atoms with Gasteiger partial charge in [0.1, 0.15) is 22.3 Å². The second-order valence-electron chi connectivity index (χ2n) is 13.2. The highest BCUT2D eigenvalue weighted by molar-refractivity contribution is 6.19. The zero-order chi connectivity index (χ0) is 34.2. The molecular weight excluding hydrogens is 639 g/mol. The fourth-order valence-corrected chi connectivity index (χ4v) is 7.67. The van der Waals surface area contributed by atoms with Crippen LogP contribution in [0.5, 0.6) is 0 Å². The predicted molar refractivity (Wildman–Crippen MR) is 211 cm³/mol. The van der Waals surface area contributed by atoms with Gasteiger partial charge in [-0.05, 0) is 63.0 Å². The van der Waals surface area contributed by atoms with Gasteiger partial charge in [0, 0.05) is 38.2 Å². The summed E-state index contributed by atoms with van der Waals surface area (Å²) in [6.45, 7) is 0. The van der Waals surface area contributed by atoms with E-state index in [1.807, 2.05) is 48.5 Å². The molecule has 0 spiro atoms. The lowest BCUT2D eigenvalue weighted by molar-refractivity contribution is 0.668. The highest BCUT2D eigenvalue weighted by atomic mass is 16.3. The molecule has 0 amide bonds. The van der Waals surface area contributed by atoms with Crippen molar-refractivity contribution < 1.29 is 8.83 Å². The summed E-state index contributed by atoms with van der Waals surface area (Å²) in [5.41, 5.74) is 8.36. The van der Waals surface area contributed by atoms with Gasteiger partial charge in [-0.3, -0.25) is 0 Å². The summed E-state index contributed by atoms with van der Waals surface area (Å²) in [4.78, 5) is 15.5. The number of furan rings is 2. The van der Waals surface area contributed by atoms with E-state index in [9.17, 15) is 0 Å². The number of aromatic nitrogens is 3. The molecule has 52 heavy (non-hydrogen) atoms. The molecule has 5 nitrogen and oxygen atoms in total. The molecule has 242 valence electrons. The molecule has 0 aliphatic rings.